The second-order valence-corrected chi connectivity index (χ2v) is 5.66. The molecule has 0 aliphatic rings. The lowest BCUT2D eigenvalue weighted by molar-refractivity contribution is 0.0948. The molecule has 0 unspecified atom stereocenters. The minimum Gasteiger partial charge on any atom is -0.467 e. The number of amides is 1. The predicted molar refractivity (Wildman–Crippen MR) is 93.6 cm³/mol. The number of nitrogens with zero attached hydrogens (tertiary/aromatic N) is 3. The average molecular weight is 348 g/mol. The van der Waals surface area contributed by atoms with E-state index < -0.39 is 0 Å². The normalized spacial score (nSPS) is 10.8. The molecule has 0 atom stereocenters. The SMILES string of the molecule is O=C(NCc1ccco1)c1cccc(COc2nnc3ccccn23)c1. The van der Waals surface area contributed by atoms with Gasteiger partial charge in [-0.2, -0.15) is 0 Å². The van der Waals surface area contributed by atoms with E-state index in [1.165, 1.54) is 0 Å². The standard InChI is InChI=1S/C19H16N4O3/c24-18(20-12-16-7-4-10-25-16)15-6-3-5-14(11-15)13-26-19-22-21-17-8-1-2-9-23(17)19/h1-11H,12-13H2,(H,20,24). The zero-order valence-electron chi connectivity index (χ0n) is 13.8. The lowest BCUT2D eigenvalue weighted by Gasteiger charge is -2.07. The monoisotopic (exact) mass is 348 g/mol. The van der Waals surface area contributed by atoms with Crippen molar-refractivity contribution in [2.45, 2.75) is 13.2 Å². The van der Waals surface area contributed by atoms with E-state index >= 15 is 0 Å². The Morgan fingerprint density at radius 2 is 2.08 bits per heavy atom. The highest BCUT2D eigenvalue weighted by Gasteiger charge is 2.09. The van der Waals surface area contributed by atoms with Crippen LogP contribution in [-0.4, -0.2) is 20.5 Å². The first-order valence-corrected chi connectivity index (χ1v) is 8.12. The van der Waals surface area contributed by atoms with Crippen LogP contribution in [0.3, 0.4) is 0 Å². The third-order valence-electron chi connectivity index (χ3n) is 3.84. The Labute approximate surface area is 149 Å². The topological polar surface area (TPSA) is 81.7 Å². The summed E-state index contributed by atoms with van der Waals surface area (Å²) < 4.78 is 12.7. The largest absolute Gasteiger partial charge is 0.467 e. The molecule has 3 heterocycles. The van der Waals surface area contributed by atoms with E-state index in [1.807, 2.05) is 42.6 Å². The highest BCUT2D eigenvalue weighted by Crippen LogP contribution is 2.13. The molecule has 1 aromatic carbocycles. The van der Waals surface area contributed by atoms with Crippen LogP contribution >= 0.6 is 0 Å². The number of ether oxygens (including phenoxy) is 1. The fourth-order valence-electron chi connectivity index (χ4n) is 2.55. The summed E-state index contributed by atoms with van der Waals surface area (Å²) in [6.45, 7) is 0.632. The average Bonchev–Trinajstić information content (AvgIpc) is 3.34. The minimum absolute atomic E-state index is 0.170. The molecule has 7 heteroatoms. The molecule has 0 saturated carbocycles. The van der Waals surface area contributed by atoms with Crippen molar-refractivity contribution in [3.8, 4) is 6.01 Å². The van der Waals surface area contributed by atoms with E-state index in [0.29, 0.717) is 29.5 Å². The van der Waals surface area contributed by atoms with Crippen LogP contribution in [0.4, 0.5) is 0 Å². The number of furan rings is 1. The van der Waals surface area contributed by atoms with Crippen LogP contribution in [0.2, 0.25) is 0 Å². The van der Waals surface area contributed by atoms with Crippen molar-refractivity contribution in [1.82, 2.24) is 19.9 Å². The Morgan fingerprint density at radius 3 is 2.96 bits per heavy atom. The molecule has 0 bridgehead atoms. The molecule has 4 rings (SSSR count). The van der Waals surface area contributed by atoms with Crippen LogP contribution in [0.25, 0.3) is 5.65 Å². The minimum atomic E-state index is -0.170. The zero-order chi connectivity index (χ0) is 17.8. The molecule has 4 aromatic rings. The fourth-order valence-corrected chi connectivity index (χ4v) is 2.55. The van der Waals surface area contributed by atoms with Gasteiger partial charge >= 0.3 is 6.01 Å². The molecule has 26 heavy (non-hydrogen) atoms. The predicted octanol–water partition coefficient (Wildman–Crippen LogP) is 2.83. The zero-order valence-corrected chi connectivity index (χ0v) is 13.8. The Morgan fingerprint density at radius 1 is 1.12 bits per heavy atom. The lowest BCUT2D eigenvalue weighted by atomic mass is 10.1. The van der Waals surface area contributed by atoms with Gasteiger partial charge in [0.1, 0.15) is 12.4 Å². The number of carbonyl (C=O) groups excluding carboxylic acids is 1. The van der Waals surface area contributed by atoms with Gasteiger partial charge in [0.05, 0.1) is 12.8 Å². The van der Waals surface area contributed by atoms with E-state index in [1.54, 1.807) is 28.9 Å². The number of benzene rings is 1. The highest BCUT2D eigenvalue weighted by molar-refractivity contribution is 5.94. The van der Waals surface area contributed by atoms with Crippen LogP contribution in [-0.2, 0) is 13.2 Å². The van der Waals surface area contributed by atoms with Crippen LogP contribution in [0.5, 0.6) is 6.01 Å². The number of fused-ring (bicyclic) bond motifs is 1. The third kappa shape index (κ3) is 3.41. The Bertz CT molecular complexity index is 1020. The van der Waals surface area contributed by atoms with Crippen LogP contribution in [0, 0.1) is 0 Å². The van der Waals surface area contributed by atoms with Crippen molar-refractivity contribution in [2.24, 2.45) is 0 Å². The van der Waals surface area contributed by atoms with Crippen molar-refractivity contribution in [3.05, 3.63) is 83.9 Å². The molecule has 130 valence electrons. The molecule has 7 nitrogen and oxygen atoms in total. The van der Waals surface area contributed by atoms with Gasteiger partial charge in [0, 0.05) is 11.8 Å². The quantitative estimate of drug-likeness (QED) is 0.579. The van der Waals surface area contributed by atoms with Gasteiger partial charge in [-0.3, -0.25) is 9.20 Å². The third-order valence-corrected chi connectivity index (χ3v) is 3.84. The van der Waals surface area contributed by atoms with Gasteiger partial charge in [-0.05, 0) is 42.0 Å². The van der Waals surface area contributed by atoms with Gasteiger partial charge < -0.3 is 14.5 Å². The summed E-state index contributed by atoms with van der Waals surface area (Å²) in [6, 6.07) is 16.9. The number of hydrogen-bond donors (Lipinski definition) is 1. The van der Waals surface area contributed by atoms with E-state index in [0.717, 1.165) is 5.56 Å². The van der Waals surface area contributed by atoms with Crippen molar-refractivity contribution in [1.29, 1.82) is 0 Å². The molecule has 0 radical (unpaired) electrons. The molecule has 0 aliphatic heterocycles. The Balaban J connectivity index is 1.41. The molecule has 0 fully saturated rings. The smallest absolute Gasteiger partial charge is 0.321 e. The second kappa shape index (κ2) is 7.10. The summed E-state index contributed by atoms with van der Waals surface area (Å²) in [5.74, 6) is 0.535. The molecule has 0 spiro atoms. The van der Waals surface area contributed by atoms with Gasteiger partial charge in [0.2, 0.25) is 0 Å². The van der Waals surface area contributed by atoms with E-state index in [4.69, 9.17) is 9.15 Å². The number of rotatable bonds is 6. The van der Waals surface area contributed by atoms with Gasteiger partial charge in [-0.25, -0.2) is 0 Å². The number of carbonyl (C=O) groups is 1. The van der Waals surface area contributed by atoms with Crippen molar-refractivity contribution in [3.63, 3.8) is 0 Å². The maximum absolute atomic E-state index is 12.3. The molecular weight excluding hydrogens is 332 g/mol. The molecule has 0 aliphatic carbocycles. The first kappa shape index (κ1) is 15.9. The van der Waals surface area contributed by atoms with E-state index in [9.17, 15) is 4.79 Å². The van der Waals surface area contributed by atoms with Gasteiger partial charge in [0.15, 0.2) is 5.65 Å². The highest BCUT2D eigenvalue weighted by atomic mass is 16.5. The Hall–Kier alpha value is -3.61. The second-order valence-electron chi connectivity index (χ2n) is 5.66. The molecule has 0 saturated heterocycles. The molecule has 1 amide bonds. The Kier molecular flexibility index (Phi) is 4.34. The van der Waals surface area contributed by atoms with Gasteiger partial charge in [-0.15, -0.1) is 5.10 Å². The summed E-state index contributed by atoms with van der Waals surface area (Å²) in [5, 5.41) is 10.9. The molecule has 3 aromatic heterocycles. The van der Waals surface area contributed by atoms with Crippen LogP contribution in [0.1, 0.15) is 21.7 Å². The fraction of sp³-hybridized carbons (Fsp3) is 0.105. The first-order chi connectivity index (χ1) is 12.8. The number of pyridine rings is 1. The van der Waals surface area contributed by atoms with Gasteiger partial charge in [-0.1, -0.05) is 23.3 Å². The number of hydrogen-bond acceptors (Lipinski definition) is 5. The van der Waals surface area contributed by atoms with Crippen molar-refractivity contribution in [2.75, 3.05) is 0 Å². The maximum Gasteiger partial charge on any atom is 0.321 e. The first-order valence-electron chi connectivity index (χ1n) is 8.12. The maximum atomic E-state index is 12.3. The van der Waals surface area contributed by atoms with Crippen molar-refractivity contribution >= 4 is 11.6 Å². The van der Waals surface area contributed by atoms with E-state index in [-0.39, 0.29) is 12.5 Å². The lowest BCUT2D eigenvalue weighted by Crippen LogP contribution is -2.22. The summed E-state index contributed by atoms with van der Waals surface area (Å²) in [4.78, 5) is 12.3. The van der Waals surface area contributed by atoms with E-state index in [2.05, 4.69) is 15.5 Å². The van der Waals surface area contributed by atoms with Gasteiger partial charge in [0.25, 0.3) is 5.91 Å². The summed E-state index contributed by atoms with van der Waals surface area (Å²) in [6.07, 6.45) is 3.41. The summed E-state index contributed by atoms with van der Waals surface area (Å²) in [5.41, 5.74) is 2.14. The molecular formula is C19H16N4O3. The number of aromatic nitrogens is 3. The van der Waals surface area contributed by atoms with Crippen molar-refractivity contribution < 1.29 is 13.9 Å². The summed E-state index contributed by atoms with van der Waals surface area (Å²) in [7, 11) is 0. The van der Waals surface area contributed by atoms with Crippen LogP contribution in [0.15, 0.2) is 71.5 Å². The summed E-state index contributed by atoms with van der Waals surface area (Å²) >= 11 is 0. The number of nitrogens with one attached hydrogen (secondary N) is 1. The molecule has 1 N–H and O–H groups in total. The van der Waals surface area contributed by atoms with Crippen LogP contribution < -0.4 is 10.1 Å².